The fraction of sp³-hybridized carbons (Fsp3) is 1.00. The first kappa shape index (κ1) is 11.8. The Balaban J connectivity index is 3.64. The first-order chi connectivity index (χ1) is 5.37. The van der Waals surface area contributed by atoms with E-state index in [0.717, 1.165) is 0 Å². The molecule has 4 nitrogen and oxygen atoms in total. The summed E-state index contributed by atoms with van der Waals surface area (Å²) < 4.78 is 5.19. The normalized spacial score (nSPS) is 17.5. The number of aliphatic hydroxyl groups is 3. The fourth-order valence-corrected chi connectivity index (χ4v) is 0.568. The molecule has 0 aliphatic carbocycles. The van der Waals surface area contributed by atoms with Crippen LogP contribution in [0, 0.1) is 0 Å². The summed E-state index contributed by atoms with van der Waals surface area (Å²) in [6.07, 6.45) is -2.14. The first-order valence-corrected chi connectivity index (χ1v) is 3.98. The van der Waals surface area contributed by atoms with Crippen LogP contribution in [0.5, 0.6) is 0 Å². The zero-order valence-corrected chi connectivity index (χ0v) is 7.82. The van der Waals surface area contributed by atoms with Crippen molar-refractivity contribution in [3.8, 4) is 0 Å². The van der Waals surface area contributed by atoms with Crippen LogP contribution in [0.3, 0.4) is 0 Å². The minimum Gasteiger partial charge on any atom is -0.394 e. The predicted molar refractivity (Wildman–Crippen MR) is 44.8 cm³/mol. The van der Waals surface area contributed by atoms with Crippen LogP contribution >= 0.6 is 0 Å². The van der Waals surface area contributed by atoms with Crippen molar-refractivity contribution < 1.29 is 20.1 Å². The maximum Gasteiger partial charge on any atom is 0.105 e. The van der Waals surface area contributed by atoms with Gasteiger partial charge in [-0.25, -0.2) is 0 Å². The van der Waals surface area contributed by atoms with Gasteiger partial charge in [0.1, 0.15) is 12.2 Å². The third-order valence-electron chi connectivity index (χ3n) is 1.32. The van der Waals surface area contributed by atoms with Gasteiger partial charge in [-0.15, -0.1) is 0 Å². The lowest BCUT2D eigenvalue weighted by Gasteiger charge is -2.23. The second-order valence-corrected chi connectivity index (χ2v) is 3.74. The summed E-state index contributed by atoms with van der Waals surface area (Å²) in [7, 11) is 0. The Labute approximate surface area is 72.8 Å². The van der Waals surface area contributed by atoms with Crippen molar-refractivity contribution in [2.45, 2.75) is 38.6 Å². The van der Waals surface area contributed by atoms with Crippen LogP contribution in [0.1, 0.15) is 20.8 Å². The van der Waals surface area contributed by atoms with Gasteiger partial charge in [-0.2, -0.15) is 0 Å². The molecule has 2 atom stereocenters. The molecule has 3 N–H and O–H groups in total. The van der Waals surface area contributed by atoms with Crippen molar-refractivity contribution in [1.82, 2.24) is 0 Å². The van der Waals surface area contributed by atoms with Crippen LogP contribution in [0.2, 0.25) is 0 Å². The Kier molecular flexibility index (Phi) is 4.70. The third-order valence-corrected chi connectivity index (χ3v) is 1.32. The van der Waals surface area contributed by atoms with Gasteiger partial charge in [0, 0.05) is 0 Å². The number of ether oxygens (including phenoxy) is 1. The van der Waals surface area contributed by atoms with E-state index in [1.54, 1.807) is 0 Å². The van der Waals surface area contributed by atoms with Gasteiger partial charge in [-0.05, 0) is 20.8 Å². The summed E-state index contributed by atoms with van der Waals surface area (Å²) in [5, 5.41) is 26.6. The highest BCUT2D eigenvalue weighted by Crippen LogP contribution is 2.07. The molecule has 0 aromatic rings. The molecule has 0 heterocycles. The standard InChI is InChI=1S/C8H18O4/c1-8(2,3)12-5-7(11)6(10)4-9/h6-7,9-11H,4-5H2,1-3H3/t6-,7+/m0/s1. The van der Waals surface area contributed by atoms with Gasteiger partial charge in [0.2, 0.25) is 0 Å². The van der Waals surface area contributed by atoms with Crippen molar-refractivity contribution >= 4 is 0 Å². The lowest BCUT2D eigenvalue weighted by atomic mass is 10.2. The number of rotatable bonds is 4. The van der Waals surface area contributed by atoms with Gasteiger partial charge >= 0.3 is 0 Å². The highest BCUT2D eigenvalue weighted by Gasteiger charge is 2.18. The minimum absolute atomic E-state index is 0.0330. The maximum atomic E-state index is 9.15. The molecule has 0 bridgehead atoms. The van der Waals surface area contributed by atoms with Gasteiger partial charge in [0.25, 0.3) is 0 Å². The maximum absolute atomic E-state index is 9.15. The van der Waals surface area contributed by atoms with E-state index in [1.807, 2.05) is 20.8 Å². The van der Waals surface area contributed by atoms with Crippen LogP contribution < -0.4 is 0 Å². The summed E-state index contributed by atoms with van der Waals surface area (Å²) in [6, 6.07) is 0. The average Bonchev–Trinajstić information content (AvgIpc) is 1.97. The number of hydrogen-bond acceptors (Lipinski definition) is 4. The molecule has 0 spiro atoms. The molecule has 0 saturated heterocycles. The van der Waals surface area contributed by atoms with Crippen molar-refractivity contribution in [1.29, 1.82) is 0 Å². The monoisotopic (exact) mass is 178 g/mol. The van der Waals surface area contributed by atoms with Crippen LogP contribution in [0.4, 0.5) is 0 Å². The van der Waals surface area contributed by atoms with Gasteiger partial charge in [-0.3, -0.25) is 0 Å². The molecule has 0 rings (SSSR count). The zero-order valence-electron chi connectivity index (χ0n) is 7.82. The van der Waals surface area contributed by atoms with E-state index in [2.05, 4.69) is 0 Å². The molecule has 0 saturated carbocycles. The summed E-state index contributed by atoms with van der Waals surface area (Å²) in [5.41, 5.74) is -0.337. The van der Waals surface area contributed by atoms with Crippen molar-refractivity contribution in [2.24, 2.45) is 0 Å². The van der Waals surface area contributed by atoms with Gasteiger partial charge in [0.05, 0.1) is 18.8 Å². The van der Waals surface area contributed by atoms with Gasteiger partial charge in [-0.1, -0.05) is 0 Å². The Morgan fingerprint density at radius 1 is 1.17 bits per heavy atom. The Morgan fingerprint density at radius 2 is 1.67 bits per heavy atom. The van der Waals surface area contributed by atoms with E-state index in [-0.39, 0.29) is 12.2 Å². The second-order valence-electron chi connectivity index (χ2n) is 3.74. The molecule has 0 aromatic carbocycles. The molecule has 0 unspecified atom stereocenters. The lowest BCUT2D eigenvalue weighted by molar-refractivity contribution is -0.0945. The van der Waals surface area contributed by atoms with E-state index in [1.165, 1.54) is 0 Å². The molecule has 74 valence electrons. The first-order valence-electron chi connectivity index (χ1n) is 3.98. The Bertz CT molecular complexity index is 119. The highest BCUT2D eigenvalue weighted by atomic mass is 16.5. The molecule has 0 amide bonds. The molecule has 0 aromatic heterocycles. The molecule has 0 fully saturated rings. The molecular formula is C8H18O4. The zero-order chi connectivity index (χ0) is 9.78. The summed E-state index contributed by atoms with van der Waals surface area (Å²) in [4.78, 5) is 0. The van der Waals surface area contributed by atoms with E-state index < -0.39 is 18.8 Å². The SMILES string of the molecule is CC(C)(C)OC[C@@H](O)[C@@H](O)CO. The molecule has 0 aliphatic rings. The summed E-state index contributed by atoms with van der Waals surface area (Å²) >= 11 is 0. The minimum atomic E-state index is -1.12. The largest absolute Gasteiger partial charge is 0.394 e. The number of hydrogen-bond donors (Lipinski definition) is 3. The second kappa shape index (κ2) is 4.77. The third kappa shape index (κ3) is 5.49. The molecule has 0 radical (unpaired) electrons. The highest BCUT2D eigenvalue weighted by molar-refractivity contribution is 4.67. The quantitative estimate of drug-likeness (QED) is 0.543. The van der Waals surface area contributed by atoms with Crippen molar-refractivity contribution in [2.75, 3.05) is 13.2 Å². The molecule has 0 aliphatic heterocycles. The molecule has 12 heavy (non-hydrogen) atoms. The fourth-order valence-electron chi connectivity index (χ4n) is 0.568. The molecule has 4 heteroatoms. The van der Waals surface area contributed by atoms with E-state index in [0.29, 0.717) is 0 Å². The lowest BCUT2D eigenvalue weighted by Crippen LogP contribution is -2.36. The van der Waals surface area contributed by atoms with Crippen LogP contribution in [0.15, 0.2) is 0 Å². The Morgan fingerprint density at radius 3 is 2.00 bits per heavy atom. The Hall–Kier alpha value is -0.160. The van der Waals surface area contributed by atoms with Crippen LogP contribution in [-0.2, 0) is 4.74 Å². The number of aliphatic hydroxyl groups excluding tert-OH is 3. The smallest absolute Gasteiger partial charge is 0.105 e. The van der Waals surface area contributed by atoms with E-state index >= 15 is 0 Å². The summed E-state index contributed by atoms with van der Waals surface area (Å²) in [6.45, 7) is 5.14. The van der Waals surface area contributed by atoms with E-state index in [9.17, 15) is 0 Å². The van der Waals surface area contributed by atoms with E-state index in [4.69, 9.17) is 20.1 Å². The predicted octanol–water partition coefficient (Wildman–Crippen LogP) is -0.484. The van der Waals surface area contributed by atoms with Crippen LogP contribution in [-0.4, -0.2) is 46.3 Å². The molecular weight excluding hydrogens is 160 g/mol. The van der Waals surface area contributed by atoms with Crippen molar-refractivity contribution in [3.05, 3.63) is 0 Å². The topological polar surface area (TPSA) is 69.9 Å². The van der Waals surface area contributed by atoms with Gasteiger partial charge < -0.3 is 20.1 Å². The van der Waals surface area contributed by atoms with Crippen LogP contribution in [0.25, 0.3) is 0 Å². The van der Waals surface area contributed by atoms with Gasteiger partial charge in [0.15, 0.2) is 0 Å². The summed E-state index contributed by atoms with van der Waals surface area (Å²) in [5.74, 6) is 0. The average molecular weight is 178 g/mol. The van der Waals surface area contributed by atoms with Crippen molar-refractivity contribution in [3.63, 3.8) is 0 Å².